The van der Waals surface area contributed by atoms with Crippen LogP contribution in [-0.4, -0.2) is 32.1 Å². The third-order valence-corrected chi connectivity index (χ3v) is 4.57. The van der Waals surface area contributed by atoms with Gasteiger partial charge in [0.1, 0.15) is 12.4 Å². The van der Waals surface area contributed by atoms with Crippen molar-refractivity contribution in [1.29, 1.82) is 0 Å². The van der Waals surface area contributed by atoms with Crippen LogP contribution in [0.4, 0.5) is 0 Å². The highest BCUT2D eigenvalue weighted by molar-refractivity contribution is 14.1. The predicted octanol–water partition coefficient (Wildman–Crippen LogP) is 3.15. The van der Waals surface area contributed by atoms with Crippen molar-refractivity contribution in [2.24, 2.45) is 0 Å². The van der Waals surface area contributed by atoms with E-state index >= 15 is 0 Å². The van der Waals surface area contributed by atoms with Gasteiger partial charge in [-0.3, -0.25) is 20.4 Å². The van der Waals surface area contributed by atoms with Gasteiger partial charge in [-0.05, 0) is 52.9 Å². The van der Waals surface area contributed by atoms with Gasteiger partial charge in [0.2, 0.25) is 0 Å². The highest BCUT2D eigenvalue weighted by atomic mass is 127. The van der Waals surface area contributed by atoms with Crippen LogP contribution in [0.15, 0.2) is 46.9 Å². The third kappa shape index (κ3) is 5.68. The second kappa shape index (κ2) is 9.73. The summed E-state index contributed by atoms with van der Waals surface area (Å²) >= 11 is 5.39. The summed E-state index contributed by atoms with van der Waals surface area (Å²) in [6.07, 6.45) is 0. The van der Waals surface area contributed by atoms with Crippen molar-refractivity contribution >= 4 is 50.3 Å². The minimum absolute atomic E-state index is 0.300. The van der Waals surface area contributed by atoms with E-state index in [4.69, 9.17) is 9.47 Å². The molecule has 0 bridgehead atoms. The average Bonchev–Trinajstić information content (AvgIpc) is 2.61. The molecule has 2 aromatic rings. The number of halogens is 2. The summed E-state index contributed by atoms with van der Waals surface area (Å²) in [4.78, 5) is 24.6. The van der Waals surface area contributed by atoms with E-state index in [-0.39, 0.29) is 0 Å². The van der Waals surface area contributed by atoms with Gasteiger partial charge in [-0.2, -0.15) is 0 Å². The van der Waals surface area contributed by atoms with Crippen molar-refractivity contribution in [3.63, 3.8) is 0 Å². The second-order valence-electron chi connectivity index (χ2n) is 4.87. The first-order valence-corrected chi connectivity index (χ1v) is 9.16. The molecule has 0 heterocycles. The predicted molar refractivity (Wildman–Crippen MR) is 106 cm³/mol. The zero-order chi connectivity index (χ0) is 18.2. The van der Waals surface area contributed by atoms with Gasteiger partial charge in [0, 0.05) is 15.2 Å². The molecule has 0 unspecified atom stereocenters. The summed E-state index contributed by atoms with van der Waals surface area (Å²) in [6, 6.07) is 12.2. The first kappa shape index (κ1) is 19.7. The smallest absolute Gasteiger partial charge is 0.273 e. The molecule has 2 rings (SSSR count). The molecule has 0 saturated heterocycles. The lowest BCUT2D eigenvalue weighted by atomic mass is 10.2. The minimum Gasteiger partial charge on any atom is -0.490 e. The maximum atomic E-state index is 12.4. The number of benzene rings is 2. The maximum Gasteiger partial charge on any atom is 0.273 e. The molecule has 0 aromatic heterocycles. The fourth-order valence-corrected chi connectivity index (χ4v) is 2.93. The average molecular weight is 519 g/mol. The summed E-state index contributed by atoms with van der Waals surface area (Å²) in [5.41, 5.74) is 5.60. The molecule has 0 fully saturated rings. The summed E-state index contributed by atoms with van der Waals surface area (Å²) in [5.74, 6) is -0.468. The van der Waals surface area contributed by atoms with Gasteiger partial charge in [0.25, 0.3) is 11.8 Å². The summed E-state index contributed by atoms with van der Waals surface area (Å²) in [7, 11) is 1.57. The molecule has 25 heavy (non-hydrogen) atoms. The number of carbonyl (C=O) groups is 2. The summed E-state index contributed by atoms with van der Waals surface area (Å²) in [6.45, 7) is 0.716. The molecule has 2 aromatic carbocycles. The Morgan fingerprint density at radius 2 is 1.72 bits per heavy atom. The van der Waals surface area contributed by atoms with Crippen molar-refractivity contribution in [2.45, 2.75) is 0 Å². The largest absolute Gasteiger partial charge is 0.490 e. The number of hydrogen-bond donors (Lipinski definition) is 2. The number of hydrazine groups is 1. The maximum absolute atomic E-state index is 12.4. The van der Waals surface area contributed by atoms with E-state index in [9.17, 15) is 9.59 Å². The molecule has 0 radical (unpaired) electrons. The number of carbonyl (C=O) groups excluding carboxylic acids is 2. The number of ether oxygens (including phenoxy) is 2. The lowest BCUT2D eigenvalue weighted by molar-refractivity contribution is 0.0842. The van der Waals surface area contributed by atoms with Crippen LogP contribution in [0.3, 0.4) is 0 Å². The molecule has 2 N–H and O–H groups in total. The standard InChI is InChI=1S/C17H16BrIN2O4/c1-24-8-9-25-15-7-6-11(18)10-13(15)17(23)21-20-16(22)12-4-2-3-5-14(12)19/h2-7,10H,8-9H2,1H3,(H,20,22)(H,21,23). The molecule has 0 aliphatic carbocycles. The van der Waals surface area contributed by atoms with Crippen LogP contribution < -0.4 is 15.6 Å². The zero-order valence-corrected chi connectivity index (χ0v) is 17.1. The Morgan fingerprint density at radius 3 is 2.40 bits per heavy atom. The van der Waals surface area contributed by atoms with Crippen LogP contribution in [0.2, 0.25) is 0 Å². The molecular formula is C17H16BrIN2O4. The van der Waals surface area contributed by atoms with Gasteiger partial charge in [0.15, 0.2) is 0 Å². The molecule has 132 valence electrons. The lowest BCUT2D eigenvalue weighted by Gasteiger charge is -2.13. The molecule has 6 nitrogen and oxygen atoms in total. The summed E-state index contributed by atoms with van der Waals surface area (Å²) < 4.78 is 12.0. The fraction of sp³-hybridized carbons (Fsp3) is 0.176. The second-order valence-corrected chi connectivity index (χ2v) is 6.95. The van der Waals surface area contributed by atoms with Gasteiger partial charge in [0.05, 0.1) is 17.7 Å². The topological polar surface area (TPSA) is 76.7 Å². The van der Waals surface area contributed by atoms with Gasteiger partial charge < -0.3 is 9.47 Å². The van der Waals surface area contributed by atoms with E-state index in [1.54, 1.807) is 37.4 Å². The molecule has 0 atom stereocenters. The molecular weight excluding hydrogens is 503 g/mol. The SMILES string of the molecule is COCCOc1ccc(Br)cc1C(=O)NNC(=O)c1ccccc1I. The first-order chi connectivity index (χ1) is 12.0. The molecule has 0 spiro atoms. The van der Waals surface area contributed by atoms with Gasteiger partial charge >= 0.3 is 0 Å². The van der Waals surface area contributed by atoms with Crippen LogP contribution >= 0.6 is 38.5 Å². The Bertz CT molecular complexity index is 770. The Kier molecular flexibility index (Phi) is 7.66. The first-order valence-electron chi connectivity index (χ1n) is 7.29. The molecule has 8 heteroatoms. The number of rotatable bonds is 6. The van der Waals surface area contributed by atoms with E-state index < -0.39 is 11.8 Å². The molecule has 2 amide bonds. The molecule has 0 aliphatic heterocycles. The van der Waals surface area contributed by atoms with E-state index in [2.05, 4.69) is 49.4 Å². The Morgan fingerprint density at radius 1 is 1.04 bits per heavy atom. The summed E-state index contributed by atoms with van der Waals surface area (Å²) in [5, 5.41) is 0. The van der Waals surface area contributed by atoms with Crippen LogP contribution in [0.25, 0.3) is 0 Å². The van der Waals surface area contributed by atoms with Crippen LogP contribution in [0, 0.1) is 3.57 Å². The van der Waals surface area contributed by atoms with E-state index in [0.717, 1.165) is 8.04 Å². The van der Waals surface area contributed by atoms with Crippen LogP contribution in [0.1, 0.15) is 20.7 Å². The minimum atomic E-state index is -0.479. The number of methoxy groups -OCH3 is 1. The highest BCUT2D eigenvalue weighted by Gasteiger charge is 2.15. The van der Waals surface area contributed by atoms with Crippen LogP contribution in [0.5, 0.6) is 5.75 Å². The van der Waals surface area contributed by atoms with Gasteiger partial charge in [-0.15, -0.1) is 0 Å². The Hall–Kier alpha value is -1.65. The highest BCUT2D eigenvalue weighted by Crippen LogP contribution is 2.23. The van der Waals surface area contributed by atoms with Crippen LogP contribution in [-0.2, 0) is 4.74 Å². The van der Waals surface area contributed by atoms with Crippen molar-refractivity contribution in [2.75, 3.05) is 20.3 Å². The molecule has 0 saturated carbocycles. The van der Waals surface area contributed by atoms with Gasteiger partial charge in [-0.25, -0.2) is 0 Å². The van der Waals surface area contributed by atoms with Crippen molar-refractivity contribution in [3.8, 4) is 5.75 Å². The van der Waals surface area contributed by atoms with Crippen molar-refractivity contribution in [1.82, 2.24) is 10.9 Å². The Labute approximate surface area is 167 Å². The third-order valence-electron chi connectivity index (χ3n) is 3.14. The fourth-order valence-electron chi connectivity index (χ4n) is 1.93. The monoisotopic (exact) mass is 518 g/mol. The van der Waals surface area contributed by atoms with E-state index in [1.807, 2.05) is 12.1 Å². The van der Waals surface area contributed by atoms with Gasteiger partial charge in [-0.1, -0.05) is 28.1 Å². The van der Waals surface area contributed by atoms with E-state index in [1.165, 1.54) is 0 Å². The Balaban J connectivity index is 2.06. The lowest BCUT2D eigenvalue weighted by Crippen LogP contribution is -2.42. The number of amides is 2. The van der Waals surface area contributed by atoms with Crippen molar-refractivity contribution in [3.05, 3.63) is 61.6 Å². The van der Waals surface area contributed by atoms with Crippen molar-refractivity contribution < 1.29 is 19.1 Å². The number of nitrogens with one attached hydrogen (secondary N) is 2. The van der Waals surface area contributed by atoms with E-state index in [0.29, 0.717) is 30.1 Å². The number of hydrogen-bond acceptors (Lipinski definition) is 4. The zero-order valence-electron chi connectivity index (χ0n) is 13.3. The molecule has 0 aliphatic rings. The quantitative estimate of drug-likeness (QED) is 0.350. The normalized spacial score (nSPS) is 10.2.